The summed E-state index contributed by atoms with van der Waals surface area (Å²) in [6.07, 6.45) is 1.89. The van der Waals surface area contributed by atoms with Gasteiger partial charge in [-0.05, 0) is 23.6 Å². The number of benzene rings is 1. The normalized spacial score (nSPS) is 17.2. The van der Waals surface area contributed by atoms with Crippen LogP contribution in [0.3, 0.4) is 0 Å². The van der Waals surface area contributed by atoms with Crippen molar-refractivity contribution in [3.8, 4) is 5.69 Å². The van der Waals surface area contributed by atoms with E-state index in [1.807, 2.05) is 32.0 Å². The standard InChI is InChI=1S/C18H19N3O3/c1-18(2)9-14(22)12(15(23)10-18)8-13-16(19)21(20-17(13)24)11-6-4-3-5-7-11/h3-8H,9-10,19H2,1-2H3,(H,20,24). The summed E-state index contributed by atoms with van der Waals surface area (Å²) in [5, 5.41) is 2.63. The molecule has 0 bridgehead atoms. The Hall–Kier alpha value is -2.89. The summed E-state index contributed by atoms with van der Waals surface area (Å²) < 4.78 is 1.44. The maximum Gasteiger partial charge on any atom is 0.273 e. The van der Waals surface area contributed by atoms with Crippen LogP contribution in [0.5, 0.6) is 0 Å². The first-order valence-corrected chi connectivity index (χ1v) is 7.72. The van der Waals surface area contributed by atoms with Crippen LogP contribution >= 0.6 is 0 Å². The zero-order chi connectivity index (χ0) is 17.5. The molecule has 0 atom stereocenters. The molecule has 24 heavy (non-hydrogen) atoms. The van der Waals surface area contributed by atoms with Gasteiger partial charge in [-0.15, -0.1) is 0 Å². The Labute approximate surface area is 139 Å². The number of aromatic amines is 1. The van der Waals surface area contributed by atoms with E-state index in [0.717, 1.165) is 0 Å². The predicted octanol–water partition coefficient (Wildman–Crippen LogP) is 2.09. The quantitative estimate of drug-likeness (QED) is 0.652. The molecule has 2 aromatic rings. The first kappa shape index (κ1) is 16.0. The molecule has 124 valence electrons. The number of rotatable bonds is 2. The monoisotopic (exact) mass is 325 g/mol. The van der Waals surface area contributed by atoms with E-state index in [0.29, 0.717) is 5.69 Å². The second kappa shape index (κ2) is 5.63. The minimum Gasteiger partial charge on any atom is -0.383 e. The van der Waals surface area contributed by atoms with E-state index < -0.39 is 5.56 Å². The van der Waals surface area contributed by atoms with E-state index in [9.17, 15) is 14.4 Å². The zero-order valence-electron chi connectivity index (χ0n) is 13.6. The highest BCUT2D eigenvalue weighted by Gasteiger charge is 2.35. The number of anilines is 1. The molecule has 1 aliphatic rings. The molecule has 1 saturated carbocycles. The van der Waals surface area contributed by atoms with E-state index in [2.05, 4.69) is 5.10 Å². The van der Waals surface area contributed by atoms with Crippen LogP contribution in [0.25, 0.3) is 11.8 Å². The predicted molar refractivity (Wildman–Crippen MR) is 91.8 cm³/mol. The van der Waals surface area contributed by atoms with Crippen molar-refractivity contribution >= 4 is 23.5 Å². The molecule has 1 fully saturated rings. The summed E-state index contributed by atoms with van der Waals surface area (Å²) in [5.41, 5.74) is 6.16. The highest BCUT2D eigenvalue weighted by atomic mass is 16.2. The Morgan fingerprint density at radius 3 is 2.25 bits per heavy atom. The summed E-state index contributed by atoms with van der Waals surface area (Å²) in [5.74, 6) is -0.325. The van der Waals surface area contributed by atoms with Crippen molar-refractivity contribution in [2.24, 2.45) is 5.41 Å². The fourth-order valence-corrected chi connectivity index (χ4v) is 2.96. The second-order valence-electron chi connectivity index (χ2n) is 6.83. The molecule has 0 saturated heterocycles. The maximum absolute atomic E-state index is 12.3. The molecule has 1 heterocycles. The number of nitrogens with two attached hydrogens (primary N) is 1. The highest BCUT2D eigenvalue weighted by molar-refractivity contribution is 6.25. The lowest BCUT2D eigenvalue weighted by Crippen LogP contribution is -2.31. The molecule has 0 aliphatic heterocycles. The molecular formula is C18H19N3O3. The molecular weight excluding hydrogens is 306 g/mol. The number of hydrogen-bond acceptors (Lipinski definition) is 4. The van der Waals surface area contributed by atoms with Crippen molar-refractivity contribution in [2.75, 3.05) is 5.73 Å². The number of carbonyl (C=O) groups is 2. The summed E-state index contributed by atoms with van der Waals surface area (Å²) in [6, 6.07) is 9.08. The number of hydrogen-bond donors (Lipinski definition) is 2. The van der Waals surface area contributed by atoms with Gasteiger partial charge in [-0.25, -0.2) is 4.68 Å². The number of Topliss-reactive ketones (excluding diaryl/α,β-unsaturated/α-hetero) is 2. The SMILES string of the molecule is CC1(C)CC(=O)C(=Cc2c(N)n(-c3ccccc3)[nH]c2=O)C(=O)C1. The Bertz CT molecular complexity index is 879. The van der Waals surface area contributed by atoms with Gasteiger partial charge in [0.05, 0.1) is 16.8 Å². The van der Waals surface area contributed by atoms with Gasteiger partial charge in [0.25, 0.3) is 5.56 Å². The van der Waals surface area contributed by atoms with Gasteiger partial charge in [0.1, 0.15) is 5.82 Å². The molecule has 0 amide bonds. The molecule has 3 rings (SSSR count). The molecule has 1 aliphatic carbocycles. The Morgan fingerprint density at radius 1 is 1.08 bits per heavy atom. The van der Waals surface area contributed by atoms with Crippen LogP contribution in [0.4, 0.5) is 5.82 Å². The van der Waals surface area contributed by atoms with Crippen molar-refractivity contribution in [3.05, 3.63) is 51.8 Å². The lowest BCUT2D eigenvalue weighted by Gasteiger charge is -2.28. The third-order valence-electron chi connectivity index (χ3n) is 4.16. The van der Waals surface area contributed by atoms with Crippen LogP contribution in [0, 0.1) is 5.41 Å². The van der Waals surface area contributed by atoms with Crippen LogP contribution < -0.4 is 11.3 Å². The van der Waals surface area contributed by atoms with Crippen LogP contribution in [0.1, 0.15) is 32.3 Å². The number of nitrogens with zero attached hydrogens (tertiary/aromatic N) is 1. The van der Waals surface area contributed by atoms with Crippen molar-refractivity contribution in [3.63, 3.8) is 0 Å². The highest BCUT2D eigenvalue weighted by Crippen LogP contribution is 2.34. The summed E-state index contributed by atoms with van der Waals surface area (Å²) in [4.78, 5) is 36.8. The number of ketones is 2. The topological polar surface area (TPSA) is 97.9 Å². The summed E-state index contributed by atoms with van der Waals surface area (Å²) in [7, 11) is 0. The van der Waals surface area contributed by atoms with Gasteiger partial charge in [-0.3, -0.25) is 19.5 Å². The van der Waals surface area contributed by atoms with Gasteiger partial charge in [-0.2, -0.15) is 0 Å². The summed E-state index contributed by atoms with van der Waals surface area (Å²) >= 11 is 0. The number of H-pyrrole nitrogens is 1. The van der Waals surface area contributed by atoms with Crippen LogP contribution in [-0.2, 0) is 9.59 Å². The molecule has 0 radical (unpaired) electrons. The number of para-hydroxylation sites is 1. The fraction of sp³-hybridized carbons (Fsp3) is 0.278. The van der Waals surface area contributed by atoms with Gasteiger partial charge in [0.2, 0.25) is 0 Å². The number of carbonyl (C=O) groups excluding carboxylic acids is 2. The van der Waals surface area contributed by atoms with Gasteiger partial charge in [-0.1, -0.05) is 32.0 Å². The van der Waals surface area contributed by atoms with Gasteiger partial charge in [0.15, 0.2) is 11.6 Å². The Morgan fingerprint density at radius 2 is 1.67 bits per heavy atom. The first-order chi connectivity index (χ1) is 11.3. The lowest BCUT2D eigenvalue weighted by atomic mass is 9.74. The lowest BCUT2D eigenvalue weighted by molar-refractivity contribution is -0.127. The van der Waals surface area contributed by atoms with Crippen molar-refractivity contribution in [1.82, 2.24) is 9.78 Å². The van der Waals surface area contributed by atoms with Gasteiger partial charge < -0.3 is 5.73 Å². The maximum atomic E-state index is 12.3. The minimum atomic E-state index is -0.436. The average molecular weight is 325 g/mol. The smallest absolute Gasteiger partial charge is 0.273 e. The van der Waals surface area contributed by atoms with E-state index in [1.54, 1.807) is 12.1 Å². The third-order valence-corrected chi connectivity index (χ3v) is 4.16. The Balaban J connectivity index is 2.06. The molecule has 1 aromatic heterocycles. The molecule has 3 N–H and O–H groups in total. The molecule has 1 aromatic carbocycles. The van der Waals surface area contributed by atoms with Gasteiger partial charge in [0, 0.05) is 12.8 Å². The third kappa shape index (κ3) is 2.82. The molecule has 6 nitrogen and oxygen atoms in total. The molecule has 0 spiro atoms. The fourth-order valence-electron chi connectivity index (χ4n) is 2.96. The Kier molecular flexibility index (Phi) is 3.75. The average Bonchev–Trinajstić information content (AvgIpc) is 2.78. The second-order valence-corrected chi connectivity index (χ2v) is 6.83. The van der Waals surface area contributed by atoms with E-state index >= 15 is 0 Å². The largest absolute Gasteiger partial charge is 0.383 e. The number of nitrogen functional groups attached to an aromatic ring is 1. The van der Waals surface area contributed by atoms with Gasteiger partial charge >= 0.3 is 0 Å². The number of allylic oxidation sites excluding steroid dienone is 1. The van der Waals surface area contributed by atoms with Crippen LogP contribution in [0.15, 0.2) is 40.7 Å². The van der Waals surface area contributed by atoms with E-state index in [-0.39, 0.29) is 46.8 Å². The van der Waals surface area contributed by atoms with Crippen LogP contribution in [0.2, 0.25) is 0 Å². The van der Waals surface area contributed by atoms with Crippen molar-refractivity contribution in [1.29, 1.82) is 0 Å². The molecule has 0 unspecified atom stereocenters. The van der Waals surface area contributed by atoms with E-state index in [4.69, 9.17) is 5.73 Å². The van der Waals surface area contributed by atoms with Crippen molar-refractivity contribution < 1.29 is 9.59 Å². The zero-order valence-corrected chi connectivity index (χ0v) is 13.6. The summed E-state index contributed by atoms with van der Waals surface area (Å²) in [6.45, 7) is 3.76. The number of nitrogens with one attached hydrogen (secondary N) is 1. The van der Waals surface area contributed by atoms with E-state index in [1.165, 1.54) is 10.8 Å². The molecule has 6 heteroatoms. The van der Waals surface area contributed by atoms with Crippen LogP contribution in [-0.4, -0.2) is 21.3 Å². The first-order valence-electron chi connectivity index (χ1n) is 7.72. The van der Waals surface area contributed by atoms with Crippen molar-refractivity contribution in [2.45, 2.75) is 26.7 Å². The minimum absolute atomic E-state index is 0.0531. The number of aromatic nitrogens is 2.